The number of hydrogen-bond acceptors (Lipinski definition) is 2. The Morgan fingerprint density at radius 3 is 2.76 bits per heavy atom. The molecule has 3 N–H and O–H groups in total. The van der Waals surface area contributed by atoms with Crippen LogP contribution >= 0.6 is 39.9 Å². The van der Waals surface area contributed by atoms with Gasteiger partial charge in [-0.2, -0.15) is 8.78 Å². The van der Waals surface area contributed by atoms with Crippen molar-refractivity contribution in [2.24, 2.45) is 10.7 Å². The smallest absolute Gasteiger partial charge is 0.387 e. The minimum absolute atomic E-state index is 0. The van der Waals surface area contributed by atoms with Crippen LogP contribution in [0.15, 0.2) is 39.8 Å². The summed E-state index contributed by atoms with van der Waals surface area (Å²) in [5, 5.41) is 2.85. The number of nitrogens with zero attached hydrogens (tertiary/aromatic N) is 1. The van der Waals surface area contributed by atoms with E-state index >= 15 is 0 Å². The number of nitrogens with one attached hydrogen (secondary N) is 1. The standard InChI is InChI=1S/C13H16BrF2N3O.HI/c1-8(2)6-18-13(17)19-7-9-5-10(14)3-4-11(9)20-12(15)16;/h3-5,12H,1,6-7H2,2H3,(H3,17,18,19);1H. The first-order chi connectivity index (χ1) is 9.38. The van der Waals surface area contributed by atoms with Crippen LogP contribution in [0.3, 0.4) is 0 Å². The molecule has 0 radical (unpaired) electrons. The fourth-order valence-corrected chi connectivity index (χ4v) is 1.76. The van der Waals surface area contributed by atoms with E-state index < -0.39 is 6.61 Å². The molecule has 0 fully saturated rings. The molecule has 1 aromatic carbocycles. The molecular weight excluding hydrogens is 459 g/mol. The van der Waals surface area contributed by atoms with Crippen LogP contribution in [0.4, 0.5) is 8.78 Å². The van der Waals surface area contributed by atoms with E-state index in [-0.39, 0.29) is 42.2 Å². The molecule has 0 saturated heterocycles. The predicted molar refractivity (Wildman–Crippen MR) is 94.3 cm³/mol. The highest BCUT2D eigenvalue weighted by Crippen LogP contribution is 2.25. The van der Waals surface area contributed by atoms with Gasteiger partial charge in [0.15, 0.2) is 5.96 Å². The number of guanidine groups is 1. The molecule has 1 rings (SSSR count). The fraction of sp³-hybridized carbons (Fsp3) is 0.308. The van der Waals surface area contributed by atoms with Crippen LogP contribution in [-0.2, 0) is 6.54 Å². The fourth-order valence-electron chi connectivity index (χ4n) is 1.35. The Morgan fingerprint density at radius 2 is 2.19 bits per heavy atom. The molecule has 0 saturated carbocycles. The first kappa shape index (κ1) is 20.1. The Labute approximate surface area is 148 Å². The quantitative estimate of drug-likeness (QED) is 0.286. The highest BCUT2D eigenvalue weighted by atomic mass is 127. The summed E-state index contributed by atoms with van der Waals surface area (Å²) in [6.07, 6.45) is 0. The Morgan fingerprint density at radius 1 is 1.52 bits per heavy atom. The lowest BCUT2D eigenvalue weighted by atomic mass is 10.2. The number of ether oxygens (including phenoxy) is 1. The number of rotatable bonds is 6. The van der Waals surface area contributed by atoms with Crippen molar-refractivity contribution in [3.63, 3.8) is 0 Å². The van der Waals surface area contributed by atoms with Crippen molar-refractivity contribution >= 4 is 45.9 Å². The molecule has 0 amide bonds. The van der Waals surface area contributed by atoms with Gasteiger partial charge in [0.05, 0.1) is 6.54 Å². The van der Waals surface area contributed by atoms with Crippen LogP contribution in [0, 0.1) is 0 Å². The SMILES string of the molecule is C=C(C)CNC(N)=NCc1cc(Br)ccc1OC(F)F.I. The normalized spacial score (nSPS) is 11.0. The number of alkyl halides is 2. The molecule has 0 spiro atoms. The molecule has 0 atom stereocenters. The van der Waals surface area contributed by atoms with Gasteiger partial charge in [0.25, 0.3) is 0 Å². The zero-order valence-corrected chi connectivity index (χ0v) is 15.3. The maximum atomic E-state index is 12.3. The van der Waals surface area contributed by atoms with E-state index in [1.807, 2.05) is 6.92 Å². The minimum Gasteiger partial charge on any atom is -0.434 e. The van der Waals surface area contributed by atoms with Gasteiger partial charge in [0.2, 0.25) is 0 Å². The average molecular weight is 476 g/mol. The summed E-state index contributed by atoms with van der Waals surface area (Å²) in [7, 11) is 0. The summed E-state index contributed by atoms with van der Waals surface area (Å²) in [5.41, 5.74) is 7.08. The molecule has 21 heavy (non-hydrogen) atoms. The van der Waals surface area contributed by atoms with Gasteiger partial charge in [-0.25, -0.2) is 4.99 Å². The van der Waals surface area contributed by atoms with Gasteiger partial charge in [0, 0.05) is 16.6 Å². The third kappa shape index (κ3) is 8.20. The second-order valence-electron chi connectivity index (χ2n) is 4.14. The molecule has 118 valence electrons. The molecule has 0 aromatic heterocycles. The monoisotopic (exact) mass is 475 g/mol. The van der Waals surface area contributed by atoms with Crippen molar-refractivity contribution < 1.29 is 13.5 Å². The maximum Gasteiger partial charge on any atom is 0.387 e. The van der Waals surface area contributed by atoms with Crippen molar-refractivity contribution in [2.45, 2.75) is 20.1 Å². The second-order valence-corrected chi connectivity index (χ2v) is 5.06. The van der Waals surface area contributed by atoms with E-state index in [0.29, 0.717) is 12.1 Å². The van der Waals surface area contributed by atoms with Gasteiger partial charge >= 0.3 is 6.61 Å². The van der Waals surface area contributed by atoms with E-state index in [4.69, 9.17) is 5.73 Å². The van der Waals surface area contributed by atoms with Gasteiger partial charge in [-0.1, -0.05) is 28.1 Å². The summed E-state index contributed by atoms with van der Waals surface area (Å²) in [5.74, 6) is 0.302. The lowest BCUT2D eigenvalue weighted by Gasteiger charge is -2.10. The van der Waals surface area contributed by atoms with Gasteiger partial charge in [-0.05, 0) is 25.1 Å². The Kier molecular flexibility index (Phi) is 9.51. The summed E-state index contributed by atoms with van der Waals surface area (Å²) in [4.78, 5) is 4.07. The van der Waals surface area contributed by atoms with Crippen LogP contribution in [0.2, 0.25) is 0 Å². The first-order valence-corrected chi connectivity index (χ1v) is 6.59. The third-order valence-corrected chi connectivity index (χ3v) is 2.72. The first-order valence-electron chi connectivity index (χ1n) is 5.80. The Balaban J connectivity index is 0.00000400. The summed E-state index contributed by atoms with van der Waals surface area (Å²) in [6, 6.07) is 4.74. The van der Waals surface area contributed by atoms with Gasteiger partial charge in [0.1, 0.15) is 5.75 Å². The molecule has 0 aliphatic rings. The second kappa shape index (κ2) is 9.93. The molecule has 0 aliphatic heterocycles. The lowest BCUT2D eigenvalue weighted by molar-refractivity contribution is -0.0504. The van der Waals surface area contributed by atoms with Crippen molar-refractivity contribution in [2.75, 3.05) is 6.54 Å². The third-order valence-electron chi connectivity index (χ3n) is 2.23. The molecule has 8 heteroatoms. The largest absolute Gasteiger partial charge is 0.434 e. The maximum absolute atomic E-state index is 12.3. The van der Waals surface area contributed by atoms with Crippen LogP contribution in [0.25, 0.3) is 0 Å². The van der Waals surface area contributed by atoms with Crippen LogP contribution in [0.5, 0.6) is 5.75 Å². The van der Waals surface area contributed by atoms with Crippen LogP contribution in [-0.4, -0.2) is 19.1 Å². The Hall–Kier alpha value is -0.900. The number of halogens is 4. The highest BCUT2D eigenvalue weighted by molar-refractivity contribution is 14.0. The van der Waals surface area contributed by atoms with Crippen LogP contribution in [0.1, 0.15) is 12.5 Å². The number of benzene rings is 1. The molecular formula is C13H17BrF2IN3O. The highest BCUT2D eigenvalue weighted by Gasteiger charge is 2.10. The number of nitrogens with two attached hydrogens (primary N) is 1. The van der Waals surface area contributed by atoms with Crippen molar-refractivity contribution in [3.8, 4) is 5.75 Å². The summed E-state index contributed by atoms with van der Waals surface area (Å²) < 4.78 is 29.8. The van der Waals surface area contributed by atoms with Crippen molar-refractivity contribution in [1.82, 2.24) is 5.32 Å². The number of hydrogen-bond donors (Lipinski definition) is 2. The Bertz CT molecular complexity index is 512. The van der Waals surface area contributed by atoms with Gasteiger partial charge < -0.3 is 15.8 Å². The molecule has 0 unspecified atom stereocenters. The minimum atomic E-state index is -2.88. The van der Waals surface area contributed by atoms with E-state index in [1.54, 1.807) is 12.1 Å². The summed E-state index contributed by atoms with van der Waals surface area (Å²) in [6.45, 7) is 3.34. The predicted octanol–water partition coefficient (Wildman–Crippen LogP) is 3.65. The summed E-state index contributed by atoms with van der Waals surface area (Å²) >= 11 is 3.27. The van der Waals surface area contributed by atoms with E-state index in [9.17, 15) is 8.78 Å². The van der Waals surface area contributed by atoms with E-state index in [2.05, 4.69) is 37.6 Å². The topological polar surface area (TPSA) is 59.6 Å². The van der Waals surface area contributed by atoms with Crippen LogP contribution < -0.4 is 15.8 Å². The zero-order valence-electron chi connectivity index (χ0n) is 11.4. The zero-order chi connectivity index (χ0) is 15.1. The molecule has 0 heterocycles. The molecule has 1 aromatic rings. The average Bonchev–Trinajstić information content (AvgIpc) is 2.36. The molecule has 4 nitrogen and oxygen atoms in total. The number of aliphatic imine (C=N–C) groups is 1. The van der Waals surface area contributed by atoms with Crippen molar-refractivity contribution in [1.29, 1.82) is 0 Å². The van der Waals surface area contributed by atoms with Gasteiger partial charge in [-0.15, -0.1) is 24.0 Å². The van der Waals surface area contributed by atoms with E-state index in [0.717, 1.165) is 10.0 Å². The molecule has 0 bridgehead atoms. The van der Waals surface area contributed by atoms with Gasteiger partial charge in [-0.3, -0.25) is 0 Å². The lowest BCUT2D eigenvalue weighted by Crippen LogP contribution is -2.32. The van der Waals surface area contributed by atoms with Crippen molar-refractivity contribution in [3.05, 3.63) is 40.4 Å². The molecule has 0 aliphatic carbocycles. The van der Waals surface area contributed by atoms with E-state index in [1.165, 1.54) is 6.07 Å².